The lowest BCUT2D eigenvalue weighted by molar-refractivity contribution is -0.274. The van der Waals surface area contributed by atoms with Crippen LogP contribution in [0.1, 0.15) is 22.2 Å². The fourth-order valence-corrected chi connectivity index (χ4v) is 3.07. The Morgan fingerprint density at radius 2 is 2.00 bits per heavy atom. The molecule has 12 heteroatoms. The van der Waals surface area contributed by atoms with Gasteiger partial charge in [-0.3, -0.25) is 4.79 Å². The molecule has 0 aliphatic carbocycles. The number of morpholine rings is 1. The van der Waals surface area contributed by atoms with Crippen LogP contribution in [-0.4, -0.2) is 47.0 Å². The first-order chi connectivity index (χ1) is 14.9. The second-order valence-corrected chi connectivity index (χ2v) is 6.73. The maximum absolute atomic E-state index is 12.5. The molecule has 1 aliphatic rings. The molecule has 0 spiro atoms. The number of halogens is 4. The second-order valence-electron chi connectivity index (χ2n) is 6.73. The lowest BCUT2D eigenvalue weighted by Gasteiger charge is -2.24. The average molecular weight is 470 g/mol. The Morgan fingerprint density at radius 1 is 1.22 bits per heavy atom. The van der Waals surface area contributed by atoms with Gasteiger partial charge >= 0.3 is 6.36 Å². The molecular weight excluding hydrogens is 451 g/mol. The summed E-state index contributed by atoms with van der Waals surface area (Å²) < 4.78 is 48.0. The third-order valence-electron chi connectivity index (χ3n) is 4.51. The predicted molar refractivity (Wildman–Crippen MR) is 111 cm³/mol. The van der Waals surface area contributed by atoms with Crippen molar-refractivity contribution in [1.29, 1.82) is 0 Å². The summed E-state index contributed by atoms with van der Waals surface area (Å²) in [4.78, 5) is 12.5. The summed E-state index contributed by atoms with van der Waals surface area (Å²) in [5.74, 6) is -0.902. The highest BCUT2D eigenvalue weighted by molar-refractivity contribution is 6.02. The number of ether oxygens (including phenoxy) is 2. The Morgan fingerprint density at radius 3 is 2.69 bits per heavy atom. The fraction of sp³-hybridized carbons (Fsp3) is 0.250. The van der Waals surface area contributed by atoms with Crippen LogP contribution in [0.15, 0.2) is 54.7 Å². The predicted octanol–water partition coefficient (Wildman–Crippen LogP) is 3.50. The Bertz CT molecular complexity index is 1050. The van der Waals surface area contributed by atoms with Gasteiger partial charge < -0.3 is 20.1 Å². The van der Waals surface area contributed by atoms with Gasteiger partial charge in [-0.25, -0.2) is 4.68 Å². The van der Waals surface area contributed by atoms with Gasteiger partial charge in [0, 0.05) is 24.8 Å². The summed E-state index contributed by atoms with van der Waals surface area (Å²) >= 11 is 0. The lowest BCUT2D eigenvalue weighted by atomic mass is 10.1. The first-order valence-electron chi connectivity index (χ1n) is 9.39. The van der Waals surface area contributed by atoms with Crippen LogP contribution in [0.3, 0.4) is 0 Å². The molecule has 1 amide bonds. The van der Waals surface area contributed by atoms with E-state index in [-0.39, 0.29) is 29.9 Å². The number of amides is 1. The van der Waals surface area contributed by atoms with Gasteiger partial charge in [0.1, 0.15) is 5.75 Å². The van der Waals surface area contributed by atoms with Crippen LogP contribution >= 0.6 is 12.4 Å². The van der Waals surface area contributed by atoms with E-state index in [2.05, 4.69) is 25.7 Å². The van der Waals surface area contributed by atoms with E-state index in [1.54, 1.807) is 12.1 Å². The van der Waals surface area contributed by atoms with E-state index < -0.39 is 18.0 Å². The van der Waals surface area contributed by atoms with Crippen molar-refractivity contribution in [2.75, 3.05) is 25.0 Å². The van der Waals surface area contributed by atoms with Gasteiger partial charge in [0.15, 0.2) is 5.69 Å². The monoisotopic (exact) mass is 469 g/mol. The minimum absolute atomic E-state index is 0. The molecule has 3 aromatic rings. The molecule has 0 bridgehead atoms. The minimum atomic E-state index is -4.80. The highest BCUT2D eigenvalue weighted by Gasteiger charge is 2.31. The number of hydrogen-bond donors (Lipinski definition) is 2. The van der Waals surface area contributed by atoms with Crippen molar-refractivity contribution in [3.05, 3.63) is 66.0 Å². The summed E-state index contributed by atoms with van der Waals surface area (Å²) in [5.41, 5.74) is 1.83. The largest absolute Gasteiger partial charge is 0.573 e. The number of carbonyl (C=O) groups is 1. The zero-order chi connectivity index (χ0) is 21.8. The van der Waals surface area contributed by atoms with E-state index in [4.69, 9.17) is 4.74 Å². The van der Waals surface area contributed by atoms with Gasteiger partial charge in [-0.2, -0.15) is 0 Å². The smallest absolute Gasteiger partial charge is 0.406 e. The van der Waals surface area contributed by atoms with Gasteiger partial charge in [-0.1, -0.05) is 23.4 Å². The maximum atomic E-state index is 12.5. The minimum Gasteiger partial charge on any atom is -0.406 e. The van der Waals surface area contributed by atoms with Crippen LogP contribution in [0.5, 0.6) is 5.75 Å². The second kappa shape index (κ2) is 9.98. The average Bonchev–Trinajstić information content (AvgIpc) is 3.25. The standard InChI is InChI=1S/C20H18F3N5O3.ClH/c21-20(22,23)31-16-3-1-2-15(10-16)28-12-17(26-27-28)19(29)25-14-6-4-13(5-7-14)18-11-24-8-9-30-18;/h1-7,10,12,18,24H,8-9,11H2,(H,25,29);1H/t18-;/m1./s1. The van der Waals surface area contributed by atoms with E-state index in [1.807, 2.05) is 12.1 Å². The van der Waals surface area contributed by atoms with Crippen molar-refractivity contribution in [3.63, 3.8) is 0 Å². The van der Waals surface area contributed by atoms with Gasteiger partial charge in [0.2, 0.25) is 0 Å². The maximum Gasteiger partial charge on any atom is 0.573 e. The molecule has 1 saturated heterocycles. The molecule has 0 radical (unpaired) electrons. The summed E-state index contributed by atoms with van der Waals surface area (Å²) in [6.45, 7) is 2.19. The van der Waals surface area contributed by atoms with E-state index in [0.717, 1.165) is 24.7 Å². The lowest BCUT2D eigenvalue weighted by Crippen LogP contribution is -2.33. The van der Waals surface area contributed by atoms with E-state index in [0.29, 0.717) is 12.3 Å². The van der Waals surface area contributed by atoms with E-state index in [1.165, 1.54) is 29.1 Å². The van der Waals surface area contributed by atoms with Crippen molar-refractivity contribution < 1.29 is 27.4 Å². The Balaban J connectivity index is 0.00000289. The molecule has 1 aliphatic heterocycles. The highest BCUT2D eigenvalue weighted by atomic mass is 35.5. The number of rotatable bonds is 5. The summed E-state index contributed by atoms with van der Waals surface area (Å²) in [6, 6.07) is 12.5. The van der Waals surface area contributed by atoms with E-state index in [9.17, 15) is 18.0 Å². The molecule has 8 nitrogen and oxygen atoms in total. The SMILES string of the molecule is Cl.O=C(Nc1ccc([C@H]2CNCCO2)cc1)c1cn(-c2cccc(OC(F)(F)F)c2)nn1. The van der Waals surface area contributed by atoms with Crippen LogP contribution in [0.2, 0.25) is 0 Å². The number of nitrogens with one attached hydrogen (secondary N) is 2. The Labute approximate surface area is 187 Å². The topological polar surface area (TPSA) is 90.3 Å². The molecule has 2 aromatic carbocycles. The van der Waals surface area contributed by atoms with E-state index >= 15 is 0 Å². The number of alkyl halides is 3. The number of benzene rings is 2. The number of nitrogens with zero attached hydrogens (tertiary/aromatic N) is 3. The van der Waals surface area contributed by atoms with Crippen LogP contribution in [0.25, 0.3) is 5.69 Å². The quantitative estimate of drug-likeness (QED) is 0.594. The number of aromatic nitrogens is 3. The van der Waals surface area contributed by atoms with Crippen molar-refractivity contribution in [2.24, 2.45) is 0 Å². The molecule has 1 aromatic heterocycles. The first-order valence-corrected chi connectivity index (χ1v) is 9.39. The fourth-order valence-electron chi connectivity index (χ4n) is 3.07. The third-order valence-corrected chi connectivity index (χ3v) is 4.51. The molecule has 2 N–H and O–H groups in total. The molecule has 2 heterocycles. The molecule has 0 unspecified atom stereocenters. The van der Waals surface area contributed by atoms with Gasteiger partial charge in [-0.15, -0.1) is 30.7 Å². The van der Waals surface area contributed by atoms with Crippen molar-refractivity contribution in [1.82, 2.24) is 20.3 Å². The zero-order valence-corrected chi connectivity index (χ0v) is 17.3. The van der Waals surface area contributed by atoms with Crippen LogP contribution in [0.4, 0.5) is 18.9 Å². The summed E-state index contributed by atoms with van der Waals surface area (Å²) in [7, 11) is 0. The van der Waals surface area contributed by atoms with Gasteiger partial charge in [0.05, 0.1) is 24.6 Å². The molecule has 32 heavy (non-hydrogen) atoms. The van der Waals surface area contributed by atoms with Crippen molar-refractivity contribution >= 4 is 24.0 Å². The summed E-state index contributed by atoms with van der Waals surface area (Å²) in [6.07, 6.45) is -3.52. The van der Waals surface area contributed by atoms with Crippen molar-refractivity contribution in [3.8, 4) is 11.4 Å². The molecular formula is C20H19ClF3N5O3. The van der Waals surface area contributed by atoms with Gasteiger partial charge in [-0.05, 0) is 29.8 Å². The molecule has 1 atom stereocenters. The first kappa shape index (κ1) is 23.5. The molecule has 4 rings (SSSR count). The zero-order valence-electron chi connectivity index (χ0n) is 16.5. The number of carbonyl (C=O) groups excluding carboxylic acids is 1. The number of hydrogen-bond acceptors (Lipinski definition) is 6. The Hall–Kier alpha value is -3.15. The normalized spacial score (nSPS) is 16.2. The van der Waals surface area contributed by atoms with Gasteiger partial charge in [0.25, 0.3) is 5.91 Å². The van der Waals surface area contributed by atoms with Crippen molar-refractivity contribution in [2.45, 2.75) is 12.5 Å². The molecule has 0 saturated carbocycles. The summed E-state index contributed by atoms with van der Waals surface area (Å²) in [5, 5.41) is 13.6. The third kappa shape index (κ3) is 5.96. The molecule has 1 fully saturated rings. The van der Waals surface area contributed by atoms with Crippen LogP contribution in [-0.2, 0) is 4.74 Å². The number of anilines is 1. The van der Waals surface area contributed by atoms with Crippen LogP contribution < -0.4 is 15.4 Å². The molecule has 170 valence electrons. The highest BCUT2D eigenvalue weighted by Crippen LogP contribution is 2.25. The van der Waals surface area contributed by atoms with Crippen LogP contribution in [0, 0.1) is 0 Å². The Kier molecular flexibility index (Phi) is 7.33.